The quantitative estimate of drug-likeness (QED) is 0.853. The van der Waals surface area contributed by atoms with Crippen LogP contribution in [0.2, 0.25) is 0 Å². The zero-order valence-corrected chi connectivity index (χ0v) is 12.5. The number of hydrogen-bond acceptors (Lipinski definition) is 3. The maximum absolute atomic E-state index is 6.71. The van der Waals surface area contributed by atoms with Gasteiger partial charge < -0.3 is 15.2 Å². The molecular weight excluding hydrogens is 250 g/mol. The molecule has 0 spiro atoms. The summed E-state index contributed by atoms with van der Waals surface area (Å²) in [5.74, 6) is 3.15. The van der Waals surface area contributed by atoms with Crippen molar-refractivity contribution in [1.82, 2.24) is 0 Å². The number of hydrogen-bond donors (Lipinski definition) is 1. The second-order valence-corrected chi connectivity index (χ2v) is 6.57. The van der Waals surface area contributed by atoms with Crippen LogP contribution in [0, 0.1) is 11.8 Å². The lowest BCUT2D eigenvalue weighted by molar-refractivity contribution is 0.176. The Morgan fingerprint density at radius 2 is 1.85 bits per heavy atom. The first-order valence-electron chi connectivity index (χ1n) is 7.77. The third-order valence-corrected chi connectivity index (χ3v) is 5.03. The summed E-state index contributed by atoms with van der Waals surface area (Å²) in [5.41, 5.74) is 7.69. The van der Waals surface area contributed by atoms with E-state index in [4.69, 9.17) is 15.2 Å². The summed E-state index contributed by atoms with van der Waals surface area (Å²) < 4.78 is 11.5. The molecule has 1 aromatic rings. The van der Waals surface area contributed by atoms with Gasteiger partial charge in [0.15, 0.2) is 11.5 Å². The second kappa shape index (κ2) is 5.28. The minimum atomic E-state index is -0.212. The summed E-state index contributed by atoms with van der Waals surface area (Å²) >= 11 is 0. The van der Waals surface area contributed by atoms with Crippen LogP contribution in [-0.2, 0) is 5.54 Å². The van der Waals surface area contributed by atoms with E-state index in [1.807, 2.05) is 6.07 Å². The molecule has 0 bridgehead atoms. The van der Waals surface area contributed by atoms with Gasteiger partial charge in [0, 0.05) is 12.0 Å². The highest BCUT2D eigenvalue weighted by Crippen LogP contribution is 2.43. The highest BCUT2D eigenvalue weighted by molar-refractivity contribution is 5.45. The highest BCUT2D eigenvalue weighted by Gasteiger charge is 2.36. The van der Waals surface area contributed by atoms with Gasteiger partial charge in [-0.2, -0.15) is 0 Å². The Labute approximate surface area is 121 Å². The van der Waals surface area contributed by atoms with Crippen molar-refractivity contribution in [2.75, 3.05) is 13.2 Å². The summed E-state index contributed by atoms with van der Waals surface area (Å²) in [6.07, 6.45) is 4.24. The molecule has 1 aliphatic heterocycles. The summed E-state index contributed by atoms with van der Waals surface area (Å²) in [7, 11) is 0. The van der Waals surface area contributed by atoms with Crippen LogP contribution in [0.4, 0.5) is 0 Å². The van der Waals surface area contributed by atoms with Crippen molar-refractivity contribution in [2.24, 2.45) is 17.6 Å². The van der Waals surface area contributed by atoms with Gasteiger partial charge in [-0.05, 0) is 48.8 Å². The first kappa shape index (κ1) is 13.7. The van der Waals surface area contributed by atoms with Crippen molar-refractivity contribution in [1.29, 1.82) is 0 Å². The number of fused-ring (bicyclic) bond motifs is 1. The lowest BCUT2D eigenvalue weighted by Gasteiger charge is -2.40. The average molecular weight is 275 g/mol. The molecule has 0 radical (unpaired) electrons. The molecule has 2 aliphatic rings. The minimum Gasteiger partial charge on any atom is -0.490 e. The molecule has 0 aromatic heterocycles. The summed E-state index contributed by atoms with van der Waals surface area (Å²) in [4.78, 5) is 0. The van der Waals surface area contributed by atoms with E-state index in [1.165, 1.54) is 12.0 Å². The Kier molecular flexibility index (Phi) is 3.63. The molecule has 1 saturated carbocycles. The minimum absolute atomic E-state index is 0.212. The molecule has 0 amide bonds. The van der Waals surface area contributed by atoms with Crippen LogP contribution in [0.25, 0.3) is 0 Å². The number of ether oxygens (including phenoxy) is 2. The monoisotopic (exact) mass is 275 g/mol. The van der Waals surface area contributed by atoms with Gasteiger partial charge in [0.25, 0.3) is 0 Å². The van der Waals surface area contributed by atoms with Crippen LogP contribution >= 0.6 is 0 Å². The van der Waals surface area contributed by atoms with Crippen LogP contribution in [0.15, 0.2) is 18.2 Å². The third kappa shape index (κ3) is 2.51. The van der Waals surface area contributed by atoms with E-state index >= 15 is 0 Å². The molecule has 2 N–H and O–H groups in total. The van der Waals surface area contributed by atoms with E-state index in [0.29, 0.717) is 5.92 Å². The van der Waals surface area contributed by atoms with E-state index in [0.717, 1.165) is 49.9 Å². The fourth-order valence-corrected chi connectivity index (χ4v) is 3.38. The predicted molar refractivity (Wildman–Crippen MR) is 80.1 cm³/mol. The molecular formula is C17H25NO2. The molecule has 1 aliphatic carbocycles. The van der Waals surface area contributed by atoms with Crippen LogP contribution in [0.1, 0.15) is 45.1 Å². The Morgan fingerprint density at radius 1 is 1.10 bits per heavy atom. The molecule has 3 heteroatoms. The Bertz CT molecular complexity index is 488. The third-order valence-electron chi connectivity index (χ3n) is 5.03. The average Bonchev–Trinajstić information content (AvgIpc) is 2.68. The van der Waals surface area contributed by atoms with Crippen LogP contribution < -0.4 is 15.2 Å². The number of rotatable bonds is 1. The first-order valence-corrected chi connectivity index (χ1v) is 7.77. The number of nitrogens with two attached hydrogens (primary N) is 1. The molecule has 3 rings (SSSR count). The lowest BCUT2D eigenvalue weighted by atomic mass is 9.69. The molecule has 3 atom stereocenters. The van der Waals surface area contributed by atoms with Crippen molar-refractivity contribution in [2.45, 2.75) is 45.1 Å². The molecule has 1 aromatic carbocycles. The largest absolute Gasteiger partial charge is 0.490 e. The van der Waals surface area contributed by atoms with E-state index in [2.05, 4.69) is 26.0 Å². The normalized spacial score (nSPS) is 33.5. The van der Waals surface area contributed by atoms with E-state index in [9.17, 15) is 0 Å². The molecule has 1 heterocycles. The zero-order chi connectivity index (χ0) is 14.2. The Hall–Kier alpha value is -1.22. The summed E-state index contributed by atoms with van der Waals surface area (Å²) in [5, 5.41) is 0. The molecule has 20 heavy (non-hydrogen) atoms. The van der Waals surface area contributed by atoms with Gasteiger partial charge in [-0.25, -0.2) is 0 Å². The fraction of sp³-hybridized carbons (Fsp3) is 0.647. The molecule has 0 saturated heterocycles. The van der Waals surface area contributed by atoms with Gasteiger partial charge in [0.2, 0.25) is 0 Å². The SMILES string of the molecule is CC1CCC(N)(c2ccc3c(c2)OCCCO3)CC1C. The zero-order valence-electron chi connectivity index (χ0n) is 12.5. The van der Waals surface area contributed by atoms with E-state index in [1.54, 1.807) is 0 Å². The number of benzene rings is 1. The van der Waals surface area contributed by atoms with Gasteiger partial charge >= 0.3 is 0 Å². The molecule has 3 unspecified atom stereocenters. The predicted octanol–water partition coefficient (Wildman–Crippen LogP) is 3.46. The Balaban J connectivity index is 1.88. The van der Waals surface area contributed by atoms with E-state index < -0.39 is 0 Å². The standard InChI is InChI=1S/C17H25NO2/c1-12-6-7-17(18,11-13(12)2)14-4-5-15-16(10-14)20-9-3-8-19-15/h4-5,10,12-13H,3,6-9,11,18H2,1-2H3. The molecule has 3 nitrogen and oxygen atoms in total. The van der Waals surface area contributed by atoms with Crippen molar-refractivity contribution in [3.8, 4) is 11.5 Å². The van der Waals surface area contributed by atoms with Crippen LogP contribution in [0.5, 0.6) is 11.5 Å². The fourth-order valence-electron chi connectivity index (χ4n) is 3.38. The maximum atomic E-state index is 6.71. The lowest BCUT2D eigenvalue weighted by Crippen LogP contribution is -2.43. The van der Waals surface area contributed by atoms with Crippen LogP contribution in [-0.4, -0.2) is 13.2 Å². The van der Waals surface area contributed by atoms with Gasteiger partial charge in [0.1, 0.15) is 0 Å². The highest BCUT2D eigenvalue weighted by atomic mass is 16.5. The topological polar surface area (TPSA) is 44.5 Å². The van der Waals surface area contributed by atoms with E-state index in [-0.39, 0.29) is 5.54 Å². The van der Waals surface area contributed by atoms with Crippen molar-refractivity contribution < 1.29 is 9.47 Å². The van der Waals surface area contributed by atoms with Gasteiger partial charge in [-0.3, -0.25) is 0 Å². The van der Waals surface area contributed by atoms with Crippen molar-refractivity contribution >= 4 is 0 Å². The van der Waals surface area contributed by atoms with Gasteiger partial charge in [0.05, 0.1) is 13.2 Å². The first-order chi connectivity index (χ1) is 9.58. The summed E-state index contributed by atoms with van der Waals surface area (Å²) in [6.45, 7) is 6.10. The van der Waals surface area contributed by atoms with Gasteiger partial charge in [-0.1, -0.05) is 19.9 Å². The molecule has 110 valence electrons. The van der Waals surface area contributed by atoms with Gasteiger partial charge in [-0.15, -0.1) is 0 Å². The van der Waals surface area contributed by atoms with Crippen molar-refractivity contribution in [3.05, 3.63) is 23.8 Å². The summed E-state index contributed by atoms with van der Waals surface area (Å²) in [6, 6.07) is 6.24. The van der Waals surface area contributed by atoms with Crippen molar-refractivity contribution in [3.63, 3.8) is 0 Å². The Morgan fingerprint density at radius 3 is 2.60 bits per heavy atom. The smallest absolute Gasteiger partial charge is 0.161 e. The maximum Gasteiger partial charge on any atom is 0.161 e. The molecule has 1 fully saturated rings. The van der Waals surface area contributed by atoms with Crippen LogP contribution in [0.3, 0.4) is 0 Å². The second-order valence-electron chi connectivity index (χ2n) is 6.57.